The molecule has 0 aliphatic heterocycles. The van der Waals surface area contributed by atoms with Gasteiger partial charge in [0.1, 0.15) is 5.76 Å². The molecular weight excluding hydrogens is 218 g/mol. The van der Waals surface area contributed by atoms with Gasteiger partial charge in [0.25, 0.3) is 5.91 Å². The number of amides is 1. The van der Waals surface area contributed by atoms with Crippen molar-refractivity contribution in [2.45, 2.75) is 26.7 Å². The van der Waals surface area contributed by atoms with Crippen LogP contribution in [0.5, 0.6) is 0 Å². The number of nitrogens with one attached hydrogen (secondary N) is 2. The van der Waals surface area contributed by atoms with Crippen LogP contribution in [0.2, 0.25) is 0 Å². The average Bonchev–Trinajstić information content (AvgIpc) is 2.96. The van der Waals surface area contributed by atoms with Gasteiger partial charge >= 0.3 is 0 Å². The van der Waals surface area contributed by atoms with Crippen LogP contribution in [0.1, 0.15) is 35.7 Å². The van der Waals surface area contributed by atoms with Crippen molar-refractivity contribution in [3.63, 3.8) is 0 Å². The van der Waals surface area contributed by atoms with Crippen molar-refractivity contribution in [3.8, 4) is 0 Å². The molecule has 17 heavy (non-hydrogen) atoms. The van der Waals surface area contributed by atoms with Gasteiger partial charge < -0.3 is 9.73 Å². The van der Waals surface area contributed by atoms with Crippen LogP contribution in [0.25, 0.3) is 0 Å². The van der Waals surface area contributed by atoms with Crippen LogP contribution in [0, 0.1) is 0 Å². The summed E-state index contributed by atoms with van der Waals surface area (Å²) in [6, 6.07) is 3.49. The molecule has 5 nitrogen and oxygen atoms in total. The molecule has 2 aromatic heterocycles. The number of hydrogen-bond acceptors (Lipinski definition) is 3. The zero-order chi connectivity index (χ0) is 12.3. The lowest BCUT2D eigenvalue weighted by atomic mass is 10.2. The lowest BCUT2D eigenvalue weighted by molar-refractivity contribution is 0.102. The lowest BCUT2D eigenvalue weighted by Crippen LogP contribution is -2.12. The summed E-state index contributed by atoms with van der Waals surface area (Å²) in [5.41, 5.74) is 1.55. The molecule has 2 N–H and O–H groups in total. The van der Waals surface area contributed by atoms with Crippen LogP contribution in [0.15, 0.2) is 22.8 Å². The lowest BCUT2D eigenvalue weighted by Gasteiger charge is -2.00. The first kappa shape index (κ1) is 11.4. The number of nitrogens with zero attached hydrogens (tertiary/aromatic N) is 1. The number of H-pyrrole nitrogens is 1. The Morgan fingerprint density at radius 2 is 2.29 bits per heavy atom. The van der Waals surface area contributed by atoms with E-state index in [2.05, 4.69) is 15.5 Å². The van der Waals surface area contributed by atoms with E-state index in [-0.39, 0.29) is 5.91 Å². The summed E-state index contributed by atoms with van der Waals surface area (Å²) in [7, 11) is 0. The molecule has 0 saturated heterocycles. The molecule has 2 heterocycles. The Morgan fingerprint density at radius 1 is 1.47 bits per heavy atom. The van der Waals surface area contributed by atoms with Crippen molar-refractivity contribution < 1.29 is 9.21 Å². The van der Waals surface area contributed by atoms with Gasteiger partial charge in [0.15, 0.2) is 5.82 Å². The van der Waals surface area contributed by atoms with E-state index < -0.39 is 0 Å². The monoisotopic (exact) mass is 233 g/mol. The van der Waals surface area contributed by atoms with Gasteiger partial charge in [0, 0.05) is 18.2 Å². The van der Waals surface area contributed by atoms with Crippen molar-refractivity contribution >= 4 is 11.7 Å². The van der Waals surface area contributed by atoms with Gasteiger partial charge in [-0.2, -0.15) is 5.10 Å². The predicted molar refractivity (Wildman–Crippen MR) is 64.0 cm³/mol. The molecule has 2 aromatic rings. The summed E-state index contributed by atoms with van der Waals surface area (Å²) in [5.74, 6) is 1.04. The summed E-state index contributed by atoms with van der Waals surface area (Å²) in [6.45, 7) is 3.96. The minimum atomic E-state index is -0.190. The topological polar surface area (TPSA) is 70.9 Å². The van der Waals surface area contributed by atoms with Crippen LogP contribution < -0.4 is 5.32 Å². The molecular formula is C12H15N3O2. The van der Waals surface area contributed by atoms with Crippen LogP contribution in [0.3, 0.4) is 0 Å². The molecule has 5 heteroatoms. The summed E-state index contributed by atoms with van der Waals surface area (Å²) < 4.78 is 5.21. The number of aromatic nitrogens is 2. The molecule has 1 amide bonds. The maximum atomic E-state index is 11.9. The number of carbonyl (C=O) groups excluding carboxylic acids is 1. The molecule has 0 radical (unpaired) electrons. The predicted octanol–water partition coefficient (Wildman–Crippen LogP) is 2.38. The van der Waals surface area contributed by atoms with Crippen LogP contribution >= 0.6 is 0 Å². The first-order valence-electron chi connectivity index (χ1n) is 5.66. The van der Waals surface area contributed by atoms with Crippen molar-refractivity contribution in [3.05, 3.63) is 35.4 Å². The largest absolute Gasteiger partial charge is 0.469 e. The van der Waals surface area contributed by atoms with Crippen molar-refractivity contribution in [1.29, 1.82) is 0 Å². The molecule has 0 saturated carbocycles. The second-order valence-corrected chi connectivity index (χ2v) is 3.70. The van der Waals surface area contributed by atoms with Crippen molar-refractivity contribution in [1.82, 2.24) is 10.2 Å². The van der Waals surface area contributed by atoms with Gasteiger partial charge in [0.2, 0.25) is 0 Å². The fraction of sp³-hybridized carbons (Fsp3) is 0.333. The fourth-order valence-corrected chi connectivity index (χ4v) is 1.61. The second kappa shape index (κ2) is 4.86. The Balaban J connectivity index is 2.11. The summed E-state index contributed by atoms with van der Waals surface area (Å²) in [6.07, 6.45) is 3.07. The van der Waals surface area contributed by atoms with Crippen molar-refractivity contribution in [2.75, 3.05) is 5.32 Å². The smallest absolute Gasteiger partial charge is 0.260 e. The minimum Gasteiger partial charge on any atom is -0.469 e. The van der Waals surface area contributed by atoms with Gasteiger partial charge in [-0.3, -0.25) is 9.89 Å². The Hall–Kier alpha value is -2.04. The van der Waals surface area contributed by atoms with E-state index in [4.69, 9.17) is 4.42 Å². The first-order valence-corrected chi connectivity index (χ1v) is 5.66. The molecule has 90 valence electrons. The molecule has 0 bridgehead atoms. The number of hydrogen-bond donors (Lipinski definition) is 2. The summed E-state index contributed by atoms with van der Waals surface area (Å²) in [4.78, 5) is 11.9. The minimum absolute atomic E-state index is 0.190. The normalized spacial score (nSPS) is 10.5. The SMILES string of the molecule is CCc1cc(NC(=O)c2ccoc2CC)n[nH]1. The van der Waals surface area contributed by atoms with Gasteiger partial charge in [-0.15, -0.1) is 0 Å². The number of rotatable bonds is 4. The Bertz CT molecular complexity index is 513. The quantitative estimate of drug-likeness (QED) is 0.851. The zero-order valence-corrected chi connectivity index (χ0v) is 9.91. The van der Waals surface area contributed by atoms with Crippen molar-refractivity contribution in [2.24, 2.45) is 0 Å². The highest BCUT2D eigenvalue weighted by molar-refractivity contribution is 6.04. The number of aryl methyl sites for hydroxylation is 2. The second-order valence-electron chi connectivity index (χ2n) is 3.70. The van der Waals surface area contributed by atoms with Gasteiger partial charge in [0.05, 0.1) is 11.8 Å². The van der Waals surface area contributed by atoms with Crippen LogP contribution in [-0.4, -0.2) is 16.1 Å². The molecule has 0 aliphatic rings. The van der Waals surface area contributed by atoms with E-state index >= 15 is 0 Å². The third kappa shape index (κ3) is 2.38. The Morgan fingerprint density at radius 3 is 2.94 bits per heavy atom. The number of aromatic amines is 1. The summed E-state index contributed by atoms with van der Waals surface area (Å²) >= 11 is 0. The molecule has 2 rings (SSSR count). The first-order chi connectivity index (χ1) is 8.24. The highest BCUT2D eigenvalue weighted by Gasteiger charge is 2.14. The van der Waals surface area contributed by atoms with Gasteiger partial charge in [-0.1, -0.05) is 13.8 Å². The van der Waals surface area contributed by atoms with Crippen LogP contribution in [0.4, 0.5) is 5.82 Å². The third-order valence-electron chi connectivity index (χ3n) is 2.56. The number of furan rings is 1. The Kier molecular flexibility index (Phi) is 3.27. The maximum absolute atomic E-state index is 11.9. The highest BCUT2D eigenvalue weighted by Crippen LogP contribution is 2.14. The number of anilines is 1. The molecule has 0 fully saturated rings. The average molecular weight is 233 g/mol. The highest BCUT2D eigenvalue weighted by atomic mass is 16.3. The van der Waals surface area contributed by atoms with E-state index in [9.17, 15) is 4.79 Å². The zero-order valence-electron chi connectivity index (χ0n) is 9.91. The number of carbonyl (C=O) groups is 1. The van der Waals surface area contributed by atoms with E-state index in [0.717, 1.165) is 12.1 Å². The maximum Gasteiger partial charge on any atom is 0.260 e. The molecule has 0 aliphatic carbocycles. The van der Waals surface area contributed by atoms with Crippen LogP contribution in [-0.2, 0) is 12.8 Å². The van der Waals surface area contributed by atoms with E-state index in [1.807, 2.05) is 19.9 Å². The molecule has 0 aromatic carbocycles. The van der Waals surface area contributed by atoms with Gasteiger partial charge in [-0.25, -0.2) is 0 Å². The standard InChI is InChI=1S/C12H15N3O2/c1-3-8-7-11(15-14-8)13-12(16)9-5-6-17-10(9)4-2/h5-7H,3-4H2,1-2H3,(H2,13,14,15,16). The van der Waals surface area contributed by atoms with Gasteiger partial charge in [-0.05, 0) is 12.5 Å². The Labute approximate surface area is 99.2 Å². The van der Waals surface area contributed by atoms with E-state index in [0.29, 0.717) is 23.6 Å². The molecule has 0 atom stereocenters. The molecule has 0 unspecified atom stereocenters. The summed E-state index contributed by atoms with van der Waals surface area (Å²) in [5, 5.41) is 9.58. The molecule has 0 spiro atoms. The van der Waals surface area contributed by atoms with E-state index in [1.54, 1.807) is 6.07 Å². The fourth-order valence-electron chi connectivity index (χ4n) is 1.61. The third-order valence-corrected chi connectivity index (χ3v) is 2.56. The van der Waals surface area contributed by atoms with E-state index in [1.165, 1.54) is 6.26 Å².